The lowest BCUT2D eigenvalue weighted by Gasteiger charge is -2.35. The number of rotatable bonds is 5. The van der Waals surface area contributed by atoms with Gasteiger partial charge in [-0.05, 0) is 51.7 Å². The molecule has 2 fully saturated rings. The quantitative estimate of drug-likeness (QED) is 0.832. The van der Waals surface area contributed by atoms with E-state index in [0.717, 1.165) is 25.6 Å². The van der Waals surface area contributed by atoms with E-state index in [1.165, 1.54) is 45.3 Å². The maximum Gasteiger partial charge on any atom is 0.226 e. The molecule has 6 heteroatoms. The van der Waals surface area contributed by atoms with Crippen LogP contribution in [-0.4, -0.2) is 62.0 Å². The smallest absolute Gasteiger partial charge is 0.226 e. The van der Waals surface area contributed by atoms with Gasteiger partial charge in [-0.1, -0.05) is 6.92 Å². The largest absolute Gasteiger partial charge is 0.342 e. The zero-order valence-electron chi connectivity index (χ0n) is 13.3. The molecular formula is C15H31Cl2N3O. The van der Waals surface area contributed by atoms with Gasteiger partial charge < -0.3 is 15.1 Å². The van der Waals surface area contributed by atoms with Crippen molar-refractivity contribution >= 4 is 30.7 Å². The molecule has 126 valence electrons. The molecule has 2 aliphatic heterocycles. The van der Waals surface area contributed by atoms with Crippen molar-refractivity contribution in [2.45, 2.75) is 32.6 Å². The molecule has 21 heavy (non-hydrogen) atoms. The molecule has 0 aromatic carbocycles. The van der Waals surface area contributed by atoms with Crippen molar-refractivity contribution in [3.05, 3.63) is 0 Å². The van der Waals surface area contributed by atoms with Gasteiger partial charge in [0.1, 0.15) is 0 Å². The number of nitrogens with zero attached hydrogens (tertiary/aromatic N) is 2. The fourth-order valence-electron chi connectivity index (χ4n) is 3.37. The zero-order valence-corrected chi connectivity index (χ0v) is 15.0. The van der Waals surface area contributed by atoms with E-state index in [2.05, 4.69) is 15.1 Å². The predicted octanol–water partition coefficient (Wildman–Crippen LogP) is 2.02. The van der Waals surface area contributed by atoms with Crippen LogP contribution >= 0.6 is 24.8 Å². The Kier molecular flexibility index (Phi) is 10.6. The third-order valence-electron chi connectivity index (χ3n) is 4.57. The third-order valence-corrected chi connectivity index (χ3v) is 4.57. The van der Waals surface area contributed by atoms with E-state index in [0.29, 0.717) is 5.91 Å². The summed E-state index contributed by atoms with van der Waals surface area (Å²) in [6, 6.07) is 0. The molecule has 2 rings (SSSR count). The lowest BCUT2D eigenvalue weighted by Crippen LogP contribution is -2.44. The second-order valence-electron chi connectivity index (χ2n) is 6.24. The highest BCUT2D eigenvalue weighted by Crippen LogP contribution is 2.21. The molecule has 0 spiro atoms. The van der Waals surface area contributed by atoms with Crippen molar-refractivity contribution in [3.8, 4) is 0 Å². The second-order valence-corrected chi connectivity index (χ2v) is 6.24. The molecule has 0 bridgehead atoms. The number of hydrogen-bond donors (Lipinski definition) is 1. The second kappa shape index (κ2) is 10.7. The molecule has 0 radical (unpaired) electrons. The van der Waals surface area contributed by atoms with E-state index in [9.17, 15) is 4.79 Å². The van der Waals surface area contributed by atoms with Crippen molar-refractivity contribution in [1.82, 2.24) is 15.1 Å². The summed E-state index contributed by atoms with van der Waals surface area (Å²) in [5, 5.41) is 3.09. The van der Waals surface area contributed by atoms with Gasteiger partial charge in [0.15, 0.2) is 0 Å². The Labute approximate surface area is 141 Å². The number of halogens is 2. The fourth-order valence-corrected chi connectivity index (χ4v) is 3.37. The summed E-state index contributed by atoms with van der Waals surface area (Å²) in [6.45, 7) is 8.57. The standard InChI is InChI=1S/C15H29N3O.2ClH/c1-13(11-16-2)15(19)18-9-5-14(6-10-18)12-17-7-3-4-8-17;;/h13-14,16H,3-12H2,1-2H3;2*1H. The van der Waals surface area contributed by atoms with Crippen molar-refractivity contribution in [2.24, 2.45) is 11.8 Å². The summed E-state index contributed by atoms with van der Waals surface area (Å²) >= 11 is 0. The summed E-state index contributed by atoms with van der Waals surface area (Å²) in [5.74, 6) is 1.25. The zero-order chi connectivity index (χ0) is 13.7. The SMILES string of the molecule is CNCC(C)C(=O)N1CCC(CN2CCCC2)CC1.Cl.Cl. The highest BCUT2D eigenvalue weighted by Gasteiger charge is 2.27. The topological polar surface area (TPSA) is 35.6 Å². The monoisotopic (exact) mass is 339 g/mol. The Morgan fingerprint density at radius 1 is 1.14 bits per heavy atom. The number of likely N-dealkylation sites (tertiary alicyclic amines) is 2. The van der Waals surface area contributed by atoms with Crippen molar-refractivity contribution < 1.29 is 4.79 Å². The van der Waals surface area contributed by atoms with Gasteiger partial charge in [0.2, 0.25) is 5.91 Å². The van der Waals surface area contributed by atoms with Crippen molar-refractivity contribution in [1.29, 1.82) is 0 Å². The molecule has 0 aromatic rings. The molecule has 0 saturated carbocycles. The van der Waals surface area contributed by atoms with E-state index in [1.54, 1.807) is 0 Å². The first-order valence-corrected chi connectivity index (χ1v) is 7.86. The first kappa shape index (κ1) is 21.0. The van der Waals surface area contributed by atoms with E-state index in [1.807, 2.05) is 14.0 Å². The average molecular weight is 340 g/mol. The number of nitrogens with one attached hydrogen (secondary N) is 1. The molecular weight excluding hydrogens is 309 g/mol. The Balaban J connectivity index is 0.00000200. The van der Waals surface area contributed by atoms with Crippen LogP contribution in [-0.2, 0) is 4.79 Å². The predicted molar refractivity (Wildman–Crippen MR) is 92.6 cm³/mol. The maximum absolute atomic E-state index is 12.2. The normalized spacial score (nSPS) is 21.5. The van der Waals surface area contributed by atoms with E-state index >= 15 is 0 Å². The molecule has 1 unspecified atom stereocenters. The first-order valence-electron chi connectivity index (χ1n) is 7.86. The minimum atomic E-state index is 0. The van der Waals surface area contributed by atoms with Crippen LogP contribution in [0, 0.1) is 11.8 Å². The summed E-state index contributed by atoms with van der Waals surface area (Å²) in [7, 11) is 1.91. The van der Waals surface area contributed by atoms with Crippen molar-refractivity contribution in [2.75, 3.05) is 46.3 Å². The van der Waals surface area contributed by atoms with Gasteiger partial charge in [0, 0.05) is 32.1 Å². The lowest BCUT2D eigenvalue weighted by molar-refractivity contribution is -0.136. The van der Waals surface area contributed by atoms with Crippen molar-refractivity contribution in [3.63, 3.8) is 0 Å². The number of carbonyl (C=O) groups is 1. The van der Waals surface area contributed by atoms with Crippen LogP contribution in [0.2, 0.25) is 0 Å². The fraction of sp³-hybridized carbons (Fsp3) is 0.933. The van der Waals surface area contributed by atoms with E-state index < -0.39 is 0 Å². The molecule has 0 aliphatic carbocycles. The molecule has 2 heterocycles. The van der Waals surface area contributed by atoms with Gasteiger partial charge in [0.05, 0.1) is 0 Å². The molecule has 0 aromatic heterocycles. The van der Waals surface area contributed by atoms with Gasteiger partial charge in [-0.2, -0.15) is 0 Å². The Morgan fingerprint density at radius 3 is 2.24 bits per heavy atom. The van der Waals surface area contributed by atoms with Crippen LogP contribution in [0.15, 0.2) is 0 Å². The van der Waals surface area contributed by atoms with Crippen LogP contribution < -0.4 is 5.32 Å². The van der Waals surface area contributed by atoms with Crippen LogP contribution in [0.1, 0.15) is 32.6 Å². The van der Waals surface area contributed by atoms with Gasteiger partial charge in [0.25, 0.3) is 0 Å². The van der Waals surface area contributed by atoms with Gasteiger partial charge in [-0.3, -0.25) is 4.79 Å². The molecule has 4 nitrogen and oxygen atoms in total. The Hall–Kier alpha value is -0.0300. The minimum absolute atomic E-state index is 0. The summed E-state index contributed by atoms with van der Waals surface area (Å²) < 4.78 is 0. The molecule has 2 saturated heterocycles. The number of hydrogen-bond acceptors (Lipinski definition) is 3. The average Bonchev–Trinajstić information content (AvgIpc) is 2.92. The number of piperidine rings is 1. The molecule has 1 amide bonds. The number of carbonyl (C=O) groups excluding carboxylic acids is 1. The Bertz CT molecular complexity index is 291. The van der Waals surface area contributed by atoms with Crippen LogP contribution in [0.3, 0.4) is 0 Å². The molecule has 1 atom stereocenters. The molecule has 2 aliphatic rings. The van der Waals surface area contributed by atoms with Gasteiger partial charge >= 0.3 is 0 Å². The Morgan fingerprint density at radius 2 is 1.71 bits per heavy atom. The van der Waals surface area contributed by atoms with Crippen LogP contribution in [0.25, 0.3) is 0 Å². The van der Waals surface area contributed by atoms with Gasteiger partial charge in [-0.15, -0.1) is 24.8 Å². The van der Waals surface area contributed by atoms with Gasteiger partial charge in [-0.25, -0.2) is 0 Å². The summed E-state index contributed by atoms with van der Waals surface area (Å²) in [5.41, 5.74) is 0. The number of amides is 1. The first-order chi connectivity index (χ1) is 9.20. The van der Waals surface area contributed by atoms with Crippen LogP contribution in [0.4, 0.5) is 0 Å². The minimum Gasteiger partial charge on any atom is -0.342 e. The maximum atomic E-state index is 12.2. The summed E-state index contributed by atoms with van der Waals surface area (Å²) in [6.07, 6.45) is 5.13. The van der Waals surface area contributed by atoms with Crippen LogP contribution in [0.5, 0.6) is 0 Å². The highest BCUT2D eigenvalue weighted by molar-refractivity contribution is 5.85. The van der Waals surface area contributed by atoms with E-state index in [-0.39, 0.29) is 30.7 Å². The molecule has 1 N–H and O–H groups in total. The van der Waals surface area contributed by atoms with E-state index in [4.69, 9.17) is 0 Å². The lowest BCUT2D eigenvalue weighted by atomic mass is 9.95. The highest BCUT2D eigenvalue weighted by atomic mass is 35.5. The summed E-state index contributed by atoms with van der Waals surface area (Å²) in [4.78, 5) is 16.9. The third kappa shape index (κ3) is 6.31.